The fourth-order valence-corrected chi connectivity index (χ4v) is 2.57. The SMILES string of the molecule is O=[N+]([O-])c1cnc(Cl)nc1N1CCN(C2CC2)CC1. The number of aromatic nitrogens is 2. The molecule has 7 nitrogen and oxygen atoms in total. The summed E-state index contributed by atoms with van der Waals surface area (Å²) in [5.41, 5.74) is -0.0794. The van der Waals surface area contributed by atoms with Crippen molar-refractivity contribution in [3.8, 4) is 0 Å². The van der Waals surface area contributed by atoms with Gasteiger partial charge in [0.1, 0.15) is 6.20 Å². The summed E-state index contributed by atoms with van der Waals surface area (Å²) < 4.78 is 0. The van der Waals surface area contributed by atoms with E-state index in [0.29, 0.717) is 5.82 Å². The van der Waals surface area contributed by atoms with Gasteiger partial charge >= 0.3 is 5.69 Å². The Balaban J connectivity index is 1.78. The molecular weight excluding hydrogens is 270 g/mol. The van der Waals surface area contributed by atoms with Crippen LogP contribution < -0.4 is 4.90 Å². The van der Waals surface area contributed by atoms with E-state index in [2.05, 4.69) is 14.9 Å². The summed E-state index contributed by atoms with van der Waals surface area (Å²) >= 11 is 5.75. The van der Waals surface area contributed by atoms with E-state index in [-0.39, 0.29) is 11.0 Å². The normalized spacial score (nSPS) is 20.6. The number of piperazine rings is 1. The molecule has 19 heavy (non-hydrogen) atoms. The molecule has 2 heterocycles. The second-order valence-electron chi connectivity index (χ2n) is 4.86. The van der Waals surface area contributed by atoms with Gasteiger partial charge < -0.3 is 4.90 Å². The standard InChI is InChI=1S/C11H14ClN5O2/c12-11-13-7-9(17(18)19)10(14-11)16-5-3-15(4-6-16)8-1-2-8/h7-8H,1-6H2. The van der Waals surface area contributed by atoms with Crippen molar-refractivity contribution in [3.63, 3.8) is 0 Å². The van der Waals surface area contributed by atoms with Crippen molar-refractivity contribution in [2.75, 3.05) is 31.1 Å². The Labute approximate surface area is 115 Å². The van der Waals surface area contributed by atoms with E-state index >= 15 is 0 Å². The molecule has 0 radical (unpaired) electrons. The first-order chi connectivity index (χ1) is 9.15. The van der Waals surface area contributed by atoms with E-state index in [9.17, 15) is 10.1 Å². The second kappa shape index (κ2) is 4.90. The average molecular weight is 284 g/mol. The Bertz CT molecular complexity index is 500. The van der Waals surface area contributed by atoms with Gasteiger partial charge in [-0.05, 0) is 24.4 Å². The van der Waals surface area contributed by atoms with Gasteiger partial charge in [0.2, 0.25) is 11.1 Å². The lowest BCUT2D eigenvalue weighted by Gasteiger charge is -2.35. The van der Waals surface area contributed by atoms with Gasteiger partial charge in [0.15, 0.2) is 0 Å². The summed E-state index contributed by atoms with van der Waals surface area (Å²) in [6, 6.07) is 0.728. The summed E-state index contributed by atoms with van der Waals surface area (Å²) in [5.74, 6) is 0.334. The lowest BCUT2D eigenvalue weighted by molar-refractivity contribution is -0.384. The molecule has 1 aliphatic carbocycles. The monoisotopic (exact) mass is 283 g/mol. The Morgan fingerprint density at radius 2 is 2.00 bits per heavy atom. The van der Waals surface area contributed by atoms with Gasteiger partial charge in [-0.3, -0.25) is 15.0 Å². The van der Waals surface area contributed by atoms with E-state index in [1.54, 1.807) is 0 Å². The topological polar surface area (TPSA) is 75.4 Å². The van der Waals surface area contributed by atoms with E-state index in [1.165, 1.54) is 19.0 Å². The number of nitro groups is 1. The van der Waals surface area contributed by atoms with Crippen LogP contribution in [0.4, 0.5) is 11.5 Å². The summed E-state index contributed by atoms with van der Waals surface area (Å²) in [4.78, 5) is 22.6. The van der Waals surface area contributed by atoms with Crippen LogP contribution in [-0.2, 0) is 0 Å². The number of anilines is 1. The Hall–Kier alpha value is -1.47. The number of rotatable bonds is 3. The molecule has 0 atom stereocenters. The lowest BCUT2D eigenvalue weighted by Crippen LogP contribution is -2.47. The zero-order valence-corrected chi connectivity index (χ0v) is 11.1. The minimum atomic E-state index is -0.459. The van der Waals surface area contributed by atoms with Gasteiger partial charge in [0.25, 0.3) is 0 Å². The molecule has 2 aliphatic rings. The highest BCUT2D eigenvalue weighted by Gasteiger charge is 2.33. The first-order valence-electron chi connectivity index (χ1n) is 6.31. The molecule has 1 aromatic heterocycles. The van der Waals surface area contributed by atoms with Crippen molar-refractivity contribution in [2.45, 2.75) is 18.9 Å². The predicted octanol–water partition coefficient (Wildman–Crippen LogP) is 1.32. The molecule has 1 aromatic rings. The number of hydrogen-bond acceptors (Lipinski definition) is 6. The van der Waals surface area contributed by atoms with Crippen molar-refractivity contribution in [3.05, 3.63) is 21.6 Å². The molecule has 0 bridgehead atoms. The van der Waals surface area contributed by atoms with E-state index in [4.69, 9.17) is 11.6 Å². The van der Waals surface area contributed by atoms with E-state index in [1.807, 2.05) is 4.90 Å². The molecule has 2 fully saturated rings. The van der Waals surface area contributed by atoms with Crippen LogP contribution in [0.25, 0.3) is 0 Å². The first-order valence-corrected chi connectivity index (χ1v) is 6.69. The van der Waals surface area contributed by atoms with Crippen LogP contribution in [-0.4, -0.2) is 52.0 Å². The van der Waals surface area contributed by atoms with Crippen molar-refractivity contribution < 1.29 is 4.92 Å². The van der Waals surface area contributed by atoms with Crippen LogP contribution in [0.3, 0.4) is 0 Å². The fraction of sp³-hybridized carbons (Fsp3) is 0.636. The van der Waals surface area contributed by atoms with Crippen molar-refractivity contribution in [2.24, 2.45) is 0 Å². The lowest BCUT2D eigenvalue weighted by atomic mass is 10.3. The maximum absolute atomic E-state index is 11.0. The fourth-order valence-electron chi connectivity index (χ4n) is 2.45. The molecule has 3 rings (SSSR count). The van der Waals surface area contributed by atoms with Crippen molar-refractivity contribution in [1.29, 1.82) is 0 Å². The molecule has 1 aliphatic heterocycles. The quantitative estimate of drug-likeness (QED) is 0.473. The third kappa shape index (κ3) is 2.62. The smallest absolute Gasteiger partial charge is 0.329 e. The van der Waals surface area contributed by atoms with Crippen LogP contribution in [0, 0.1) is 10.1 Å². The minimum absolute atomic E-state index is 0.0465. The van der Waals surface area contributed by atoms with Gasteiger partial charge in [0.05, 0.1) is 4.92 Å². The maximum atomic E-state index is 11.0. The summed E-state index contributed by atoms with van der Waals surface area (Å²) in [5, 5.41) is 11.1. The van der Waals surface area contributed by atoms with Crippen LogP contribution in [0.5, 0.6) is 0 Å². The van der Waals surface area contributed by atoms with Gasteiger partial charge in [-0.2, -0.15) is 4.98 Å². The largest absolute Gasteiger partial charge is 0.348 e. The Morgan fingerprint density at radius 3 is 2.58 bits per heavy atom. The summed E-state index contributed by atoms with van der Waals surface area (Å²) in [6.45, 7) is 3.32. The highest BCUT2D eigenvalue weighted by Crippen LogP contribution is 2.30. The molecule has 0 aromatic carbocycles. The van der Waals surface area contributed by atoms with Gasteiger partial charge in [0, 0.05) is 32.2 Å². The molecule has 1 saturated heterocycles. The maximum Gasteiger partial charge on any atom is 0.329 e. The molecule has 8 heteroatoms. The van der Waals surface area contributed by atoms with Crippen molar-refractivity contribution in [1.82, 2.24) is 14.9 Å². The zero-order valence-electron chi connectivity index (χ0n) is 10.3. The predicted molar refractivity (Wildman–Crippen MR) is 70.5 cm³/mol. The molecule has 0 unspecified atom stereocenters. The van der Waals surface area contributed by atoms with E-state index in [0.717, 1.165) is 32.2 Å². The Morgan fingerprint density at radius 1 is 1.32 bits per heavy atom. The number of hydrogen-bond donors (Lipinski definition) is 0. The van der Waals surface area contributed by atoms with Gasteiger partial charge in [-0.15, -0.1) is 0 Å². The minimum Gasteiger partial charge on any atom is -0.348 e. The molecule has 1 saturated carbocycles. The van der Waals surface area contributed by atoms with Crippen LogP contribution in [0.1, 0.15) is 12.8 Å². The molecule has 102 valence electrons. The third-order valence-corrected chi connectivity index (χ3v) is 3.78. The average Bonchev–Trinajstić information content (AvgIpc) is 3.23. The molecular formula is C11H14ClN5O2. The number of halogens is 1. The summed E-state index contributed by atoms with van der Waals surface area (Å²) in [6.07, 6.45) is 3.73. The zero-order chi connectivity index (χ0) is 13.4. The first kappa shape index (κ1) is 12.6. The molecule has 0 N–H and O–H groups in total. The highest BCUT2D eigenvalue weighted by atomic mass is 35.5. The number of nitrogens with zero attached hydrogens (tertiary/aromatic N) is 5. The summed E-state index contributed by atoms with van der Waals surface area (Å²) in [7, 11) is 0. The van der Waals surface area contributed by atoms with Crippen LogP contribution in [0.2, 0.25) is 5.28 Å². The third-order valence-electron chi connectivity index (χ3n) is 3.59. The van der Waals surface area contributed by atoms with Crippen molar-refractivity contribution >= 4 is 23.1 Å². The van der Waals surface area contributed by atoms with Crippen LogP contribution >= 0.6 is 11.6 Å². The van der Waals surface area contributed by atoms with Crippen LogP contribution in [0.15, 0.2) is 6.20 Å². The highest BCUT2D eigenvalue weighted by molar-refractivity contribution is 6.28. The second-order valence-corrected chi connectivity index (χ2v) is 5.20. The van der Waals surface area contributed by atoms with E-state index < -0.39 is 4.92 Å². The molecule has 0 amide bonds. The van der Waals surface area contributed by atoms with Gasteiger partial charge in [-0.1, -0.05) is 0 Å². The molecule has 0 spiro atoms. The Kier molecular flexibility index (Phi) is 3.24. The van der Waals surface area contributed by atoms with Gasteiger partial charge in [-0.25, -0.2) is 4.98 Å².